The number of benzene rings is 4. The van der Waals surface area contributed by atoms with Gasteiger partial charge in [-0.25, -0.2) is 8.42 Å². The first kappa shape index (κ1) is 35.8. The van der Waals surface area contributed by atoms with Crippen LogP contribution in [0.2, 0.25) is 10.0 Å². The van der Waals surface area contributed by atoms with Gasteiger partial charge in [-0.1, -0.05) is 84.7 Å². The van der Waals surface area contributed by atoms with Crippen molar-refractivity contribution in [3.05, 3.63) is 124 Å². The first-order valence-electron chi connectivity index (χ1n) is 15.4. The van der Waals surface area contributed by atoms with E-state index in [1.54, 1.807) is 60.7 Å². The largest absolute Gasteiger partial charge is 0.494 e. The average Bonchev–Trinajstić information content (AvgIpc) is 3.07. The number of rotatable bonds is 15. The smallest absolute Gasteiger partial charge is 0.264 e. The van der Waals surface area contributed by atoms with Crippen LogP contribution < -0.4 is 14.4 Å². The van der Waals surface area contributed by atoms with Crippen molar-refractivity contribution in [3.63, 3.8) is 0 Å². The lowest BCUT2D eigenvalue weighted by molar-refractivity contribution is -0.140. The first-order valence-corrected chi connectivity index (χ1v) is 17.6. The third kappa shape index (κ3) is 9.50. The molecule has 11 heteroatoms. The van der Waals surface area contributed by atoms with E-state index in [0.29, 0.717) is 34.4 Å². The van der Waals surface area contributed by atoms with Crippen LogP contribution in [-0.2, 0) is 32.6 Å². The molecule has 0 aliphatic heterocycles. The van der Waals surface area contributed by atoms with Gasteiger partial charge in [-0.2, -0.15) is 0 Å². The number of amides is 2. The Morgan fingerprint density at radius 3 is 2.11 bits per heavy atom. The number of sulfonamides is 1. The van der Waals surface area contributed by atoms with E-state index in [0.717, 1.165) is 9.87 Å². The zero-order valence-corrected chi connectivity index (χ0v) is 28.9. The molecular weight excluding hydrogens is 657 g/mol. The lowest BCUT2D eigenvalue weighted by Gasteiger charge is -2.34. The Morgan fingerprint density at radius 2 is 1.51 bits per heavy atom. The summed E-state index contributed by atoms with van der Waals surface area (Å²) in [5, 5.41) is 3.76. The molecule has 0 saturated heterocycles. The number of hydrogen-bond donors (Lipinski definition) is 1. The van der Waals surface area contributed by atoms with E-state index in [1.807, 2.05) is 51.1 Å². The summed E-state index contributed by atoms with van der Waals surface area (Å²) in [6, 6.07) is 27.5. The second-order valence-electron chi connectivity index (χ2n) is 11.0. The second kappa shape index (κ2) is 16.7. The molecule has 2 amide bonds. The second-order valence-corrected chi connectivity index (χ2v) is 13.7. The highest BCUT2D eigenvalue weighted by atomic mass is 35.5. The van der Waals surface area contributed by atoms with Gasteiger partial charge in [-0.15, -0.1) is 0 Å². The van der Waals surface area contributed by atoms with Crippen molar-refractivity contribution < 1.29 is 22.7 Å². The average molecular weight is 697 g/mol. The molecular formula is C36H39Cl2N3O5S. The van der Waals surface area contributed by atoms with E-state index in [9.17, 15) is 18.0 Å². The zero-order valence-electron chi connectivity index (χ0n) is 26.6. The quantitative estimate of drug-likeness (QED) is 0.143. The Balaban J connectivity index is 1.82. The van der Waals surface area contributed by atoms with Crippen LogP contribution in [0.25, 0.3) is 0 Å². The molecule has 0 aromatic heterocycles. The minimum absolute atomic E-state index is 0.0179. The molecule has 0 spiro atoms. The Bertz CT molecular complexity index is 1740. The molecule has 4 aromatic carbocycles. The maximum Gasteiger partial charge on any atom is 0.264 e. The van der Waals surface area contributed by atoms with Gasteiger partial charge in [0, 0.05) is 29.1 Å². The van der Waals surface area contributed by atoms with Crippen molar-refractivity contribution >= 4 is 50.7 Å². The summed E-state index contributed by atoms with van der Waals surface area (Å²) in [6.07, 6.45) is 0.871. The summed E-state index contributed by atoms with van der Waals surface area (Å²) >= 11 is 12.8. The molecule has 0 unspecified atom stereocenters. The van der Waals surface area contributed by atoms with Gasteiger partial charge < -0.3 is 15.0 Å². The van der Waals surface area contributed by atoms with Crippen molar-refractivity contribution in [1.82, 2.24) is 10.2 Å². The number of nitrogens with one attached hydrogen (secondary N) is 1. The lowest BCUT2D eigenvalue weighted by atomic mass is 10.0. The van der Waals surface area contributed by atoms with Crippen molar-refractivity contribution in [3.8, 4) is 5.75 Å². The van der Waals surface area contributed by atoms with E-state index in [-0.39, 0.29) is 35.5 Å². The van der Waals surface area contributed by atoms with Crippen LogP contribution in [0.15, 0.2) is 108 Å². The van der Waals surface area contributed by atoms with Crippen LogP contribution in [0.4, 0.5) is 5.69 Å². The predicted molar refractivity (Wildman–Crippen MR) is 187 cm³/mol. The first-order chi connectivity index (χ1) is 22.5. The van der Waals surface area contributed by atoms with Crippen molar-refractivity contribution in [2.45, 2.75) is 57.1 Å². The normalized spacial score (nSPS) is 12.5. The summed E-state index contributed by atoms with van der Waals surface area (Å²) in [5.41, 5.74) is 1.65. The van der Waals surface area contributed by atoms with E-state index in [4.69, 9.17) is 27.9 Å². The van der Waals surface area contributed by atoms with Gasteiger partial charge in [0.15, 0.2) is 0 Å². The van der Waals surface area contributed by atoms with Gasteiger partial charge >= 0.3 is 0 Å². The molecule has 4 rings (SSSR count). The SMILES string of the molecule is CCOc1ccc(N(CC(=O)N(Cc2ccc(Cl)cc2Cl)[C@@H](Cc2ccccc2)C(=O)N[C@H](C)CC)S(=O)(=O)c2ccccc2)cc1. The van der Waals surface area contributed by atoms with Crippen LogP contribution in [0.5, 0.6) is 5.75 Å². The number of nitrogens with zero attached hydrogens (tertiary/aromatic N) is 2. The van der Waals surface area contributed by atoms with Crippen LogP contribution in [0.3, 0.4) is 0 Å². The molecule has 0 fully saturated rings. The van der Waals surface area contributed by atoms with Gasteiger partial charge in [0.25, 0.3) is 10.0 Å². The Labute approximate surface area is 287 Å². The van der Waals surface area contributed by atoms with Crippen molar-refractivity contribution in [1.29, 1.82) is 0 Å². The van der Waals surface area contributed by atoms with E-state index in [1.165, 1.54) is 17.0 Å². The molecule has 8 nitrogen and oxygen atoms in total. The van der Waals surface area contributed by atoms with E-state index < -0.39 is 28.5 Å². The number of halogens is 2. The Kier molecular flexibility index (Phi) is 12.7. The summed E-state index contributed by atoms with van der Waals surface area (Å²) < 4.78 is 34.9. The summed E-state index contributed by atoms with van der Waals surface area (Å²) in [7, 11) is -4.22. The molecule has 0 heterocycles. The minimum Gasteiger partial charge on any atom is -0.494 e. The van der Waals surface area contributed by atoms with Crippen LogP contribution in [0, 0.1) is 0 Å². The molecule has 47 heavy (non-hydrogen) atoms. The van der Waals surface area contributed by atoms with Crippen molar-refractivity contribution in [2.24, 2.45) is 0 Å². The number of carbonyl (C=O) groups excluding carboxylic acids is 2. The Morgan fingerprint density at radius 1 is 0.872 bits per heavy atom. The number of hydrogen-bond acceptors (Lipinski definition) is 5. The maximum atomic E-state index is 14.6. The highest BCUT2D eigenvalue weighted by Crippen LogP contribution is 2.28. The van der Waals surface area contributed by atoms with Gasteiger partial charge in [0.1, 0.15) is 18.3 Å². The number of carbonyl (C=O) groups is 2. The molecule has 0 saturated carbocycles. The van der Waals surface area contributed by atoms with Crippen LogP contribution in [-0.4, -0.2) is 50.4 Å². The van der Waals surface area contributed by atoms with Gasteiger partial charge in [-0.05, 0) is 79.9 Å². The number of ether oxygens (including phenoxy) is 1. The molecule has 0 bridgehead atoms. The Hall–Kier alpha value is -4.05. The molecule has 0 radical (unpaired) electrons. The molecule has 1 N–H and O–H groups in total. The standard InChI is InChI=1S/C36H39Cl2N3O5S/c1-4-26(3)39-36(43)34(22-27-12-8-6-9-13-27)40(24-28-16-17-29(37)23-33(28)38)35(42)25-41(30-18-20-31(21-19-30)46-5-2)47(44,45)32-14-10-7-11-15-32/h6-21,23,26,34H,4-5,22,24-25H2,1-3H3,(H,39,43)/t26-,34+/m1/s1. The van der Waals surface area contributed by atoms with Gasteiger partial charge in [0.05, 0.1) is 17.2 Å². The molecule has 248 valence electrons. The monoisotopic (exact) mass is 695 g/mol. The fourth-order valence-electron chi connectivity index (χ4n) is 4.95. The van der Waals surface area contributed by atoms with E-state index in [2.05, 4.69) is 5.32 Å². The summed E-state index contributed by atoms with van der Waals surface area (Å²) in [4.78, 5) is 30.0. The van der Waals surface area contributed by atoms with Gasteiger partial charge in [0.2, 0.25) is 11.8 Å². The molecule has 2 atom stereocenters. The third-order valence-electron chi connectivity index (χ3n) is 7.67. The maximum absolute atomic E-state index is 14.6. The fourth-order valence-corrected chi connectivity index (χ4v) is 6.86. The summed E-state index contributed by atoms with van der Waals surface area (Å²) in [6.45, 7) is 5.48. The highest BCUT2D eigenvalue weighted by Gasteiger charge is 2.35. The van der Waals surface area contributed by atoms with Crippen molar-refractivity contribution in [2.75, 3.05) is 17.5 Å². The third-order valence-corrected chi connectivity index (χ3v) is 10.0. The molecule has 4 aromatic rings. The van der Waals surface area contributed by atoms with Crippen LogP contribution >= 0.6 is 23.2 Å². The predicted octanol–water partition coefficient (Wildman–Crippen LogP) is 7.14. The lowest BCUT2D eigenvalue weighted by Crippen LogP contribution is -2.54. The topological polar surface area (TPSA) is 96.0 Å². The minimum atomic E-state index is -4.22. The van der Waals surface area contributed by atoms with E-state index >= 15 is 0 Å². The molecule has 0 aliphatic carbocycles. The molecule has 0 aliphatic rings. The zero-order chi connectivity index (χ0) is 34.0. The summed E-state index contributed by atoms with van der Waals surface area (Å²) in [5.74, 6) is -0.395. The number of anilines is 1. The highest BCUT2D eigenvalue weighted by molar-refractivity contribution is 7.92. The van der Waals surface area contributed by atoms with Gasteiger partial charge in [-0.3, -0.25) is 13.9 Å². The fraction of sp³-hybridized carbons (Fsp3) is 0.278. The van der Waals surface area contributed by atoms with Crippen LogP contribution in [0.1, 0.15) is 38.3 Å².